The largest absolute Gasteiger partial charge is 0.454 e. The van der Waals surface area contributed by atoms with Gasteiger partial charge in [-0.3, -0.25) is 4.79 Å². The van der Waals surface area contributed by atoms with Crippen molar-refractivity contribution in [1.82, 2.24) is 20.9 Å². The maximum Gasteiger partial charge on any atom is 0.317 e. The van der Waals surface area contributed by atoms with Gasteiger partial charge < -0.3 is 25.3 Å². The van der Waals surface area contributed by atoms with Crippen LogP contribution in [0.1, 0.15) is 35.6 Å². The molecule has 3 N–H and O–H groups in total. The molecule has 24 heavy (non-hydrogen) atoms. The highest BCUT2D eigenvalue weighted by Gasteiger charge is 2.39. The number of nitrogens with zero attached hydrogens (tertiary/aromatic N) is 1. The van der Waals surface area contributed by atoms with E-state index in [0.717, 1.165) is 39.0 Å². The number of hydrogen-bond acceptors (Lipinski definition) is 4. The Hall–Kier alpha value is -1.73. The highest BCUT2D eigenvalue weighted by atomic mass is 35.5. The number of amides is 3. The summed E-state index contributed by atoms with van der Waals surface area (Å²) in [6, 6.07) is 3.26. The number of carbonyl (C=O) groups is 2. The van der Waals surface area contributed by atoms with Crippen LogP contribution in [0.2, 0.25) is 0 Å². The number of halogens is 1. The molecule has 3 rings (SSSR count). The highest BCUT2D eigenvalue weighted by Crippen LogP contribution is 2.35. The van der Waals surface area contributed by atoms with Crippen molar-refractivity contribution in [2.24, 2.45) is 5.41 Å². The molecule has 0 aliphatic carbocycles. The Morgan fingerprint density at radius 2 is 2.21 bits per heavy atom. The Bertz CT molecular complexity index is 584. The molecule has 134 valence electrons. The van der Waals surface area contributed by atoms with Gasteiger partial charge in [0.15, 0.2) is 5.76 Å². The smallest absolute Gasteiger partial charge is 0.317 e. The molecule has 3 amide bonds. The van der Waals surface area contributed by atoms with Crippen molar-refractivity contribution in [2.45, 2.75) is 25.8 Å². The third-order valence-electron chi connectivity index (χ3n) is 4.81. The van der Waals surface area contributed by atoms with E-state index in [9.17, 15) is 9.59 Å². The predicted octanol–water partition coefficient (Wildman–Crippen LogP) is 1.35. The van der Waals surface area contributed by atoms with Gasteiger partial charge in [-0.25, -0.2) is 4.79 Å². The third kappa shape index (κ3) is 4.02. The van der Waals surface area contributed by atoms with Gasteiger partial charge in [0.1, 0.15) is 5.76 Å². The predicted molar refractivity (Wildman–Crippen MR) is 92.3 cm³/mol. The number of furan rings is 1. The number of rotatable bonds is 3. The van der Waals surface area contributed by atoms with Crippen molar-refractivity contribution in [3.8, 4) is 0 Å². The fourth-order valence-corrected chi connectivity index (χ4v) is 3.52. The van der Waals surface area contributed by atoms with Crippen molar-refractivity contribution < 1.29 is 14.0 Å². The molecule has 2 aliphatic rings. The molecule has 1 unspecified atom stereocenters. The fourth-order valence-electron chi connectivity index (χ4n) is 3.52. The first-order valence-electron chi connectivity index (χ1n) is 8.16. The van der Waals surface area contributed by atoms with Crippen LogP contribution in [0.25, 0.3) is 0 Å². The van der Waals surface area contributed by atoms with Crippen molar-refractivity contribution in [2.75, 3.05) is 33.2 Å². The number of nitrogens with one attached hydrogen (secondary N) is 3. The molecule has 1 aromatic rings. The zero-order chi connectivity index (χ0) is 16.3. The molecule has 2 aliphatic heterocycles. The number of likely N-dealkylation sites (tertiary alicyclic amines) is 1. The molecule has 0 bridgehead atoms. The normalized spacial score (nSPS) is 23.0. The zero-order valence-electron chi connectivity index (χ0n) is 13.9. The maximum atomic E-state index is 12.4. The minimum Gasteiger partial charge on any atom is -0.454 e. The van der Waals surface area contributed by atoms with E-state index in [2.05, 4.69) is 16.0 Å². The van der Waals surface area contributed by atoms with Gasteiger partial charge in [-0.1, -0.05) is 0 Å². The molecule has 8 heteroatoms. The molecular weight excluding hydrogens is 332 g/mol. The first-order chi connectivity index (χ1) is 11.1. The van der Waals surface area contributed by atoms with Crippen LogP contribution in [-0.2, 0) is 6.54 Å². The van der Waals surface area contributed by atoms with Gasteiger partial charge >= 0.3 is 6.03 Å². The van der Waals surface area contributed by atoms with E-state index in [0.29, 0.717) is 5.76 Å². The minimum absolute atomic E-state index is 0. The van der Waals surface area contributed by atoms with Gasteiger partial charge in [-0.05, 0) is 37.9 Å². The molecule has 0 saturated carbocycles. The number of piperidine rings is 1. The van der Waals surface area contributed by atoms with Gasteiger partial charge in [0.05, 0.1) is 6.54 Å². The monoisotopic (exact) mass is 356 g/mol. The van der Waals surface area contributed by atoms with Gasteiger partial charge in [-0.2, -0.15) is 0 Å². The Balaban J connectivity index is 0.00000208. The van der Waals surface area contributed by atoms with Crippen LogP contribution in [0.3, 0.4) is 0 Å². The molecule has 2 fully saturated rings. The molecule has 0 radical (unpaired) electrons. The molecule has 1 spiro atoms. The summed E-state index contributed by atoms with van der Waals surface area (Å²) >= 11 is 0. The van der Waals surface area contributed by atoms with Crippen LogP contribution < -0.4 is 16.0 Å². The highest BCUT2D eigenvalue weighted by molar-refractivity contribution is 5.91. The Kier molecular flexibility index (Phi) is 6.12. The van der Waals surface area contributed by atoms with Crippen LogP contribution in [0.15, 0.2) is 16.5 Å². The number of carbonyl (C=O) groups excluding carboxylic acids is 2. The minimum atomic E-state index is -0.269. The summed E-state index contributed by atoms with van der Waals surface area (Å²) in [6.07, 6.45) is 3.39. The summed E-state index contributed by atoms with van der Waals surface area (Å²) in [5.41, 5.74) is 0.257. The molecule has 7 nitrogen and oxygen atoms in total. The second-order valence-electron chi connectivity index (χ2n) is 6.46. The average Bonchev–Trinajstić information content (AvgIpc) is 3.22. The topological polar surface area (TPSA) is 86.6 Å². The molecule has 0 aromatic carbocycles. The summed E-state index contributed by atoms with van der Waals surface area (Å²) in [4.78, 5) is 25.7. The van der Waals surface area contributed by atoms with Crippen molar-refractivity contribution in [3.63, 3.8) is 0 Å². The van der Waals surface area contributed by atoms with Crippen LogP contribution in [0, 0.1) is 5.41 Å². The van der Waals surface area contributed by atoms with E-state index in [4.69, 9.17) is 4.42 Å². The Morgan fingerprint density at radius 1 is 1.38 bits per heavy atom. The molecule has 1 atom stereocenters. The van der Waals surface area contributed by atoms with E-state index in [1.54, 1.807) is 19.2 Å². The van der Waals surface area contributed by atoms with E-state index >= 15 is 0 Å². The lowest BCUT2D eigenvalue weighted by molar-refractivity contribution is 0.0933. The van der Waals surface area contributed by atoms with Crippen LogP contribution in [0.4, 0.5) is 4.79 Å². The van der Waals surface area contributed by atoms with Gasteiger partial charge in [-0.15, -0.1) is 12.4 Å². The van der Waals surface area contributed by atoms with E-state index in [1.165, 1.54) is 6.42 Å². The average molecular weight is 357 g/mol. The van der Waals surface area contributed by atoms with Gasteiger partial charge in [0, 0.05) is 32.1 Å². The first kappa shape index (κ1) is 18.6. The summed E-state index contributed by atoms with van der Waals surface area (Å²) in [5, 5.41) is 8.80. The number of urea groups is 1. The zero-order valence-corrected chi connectivity index (χ0v) is 14.7. The lowest BCUT2D eigenvalue weighted by Gasteiger charge is -2.39. The molecule has 1 aromatic heterocycles. The standard InChI is InChI=1S/C16H24N4O3.ClH/c1-17-14(21)13-4-3-12(23-13)9-19-15(22)20-8-2-5-16(11-20)6-7-18-10-16;/h3-4,18H,2,5-11H2,1H3,(H,17,21)(H,19,22);1H. The van der Waals surface area contributed by atoms with Gasteiger partial charge in [0.25, 0.3) is 5.91 Å². The first-order valence-corrected chi connectivity index (χ1v) is 8.16. The maximum absolute atomic E-state index is 12.4. The second kappa shape index (κ2) is 7.90. The molecule has 2 saturated heterocycles. The van der Waals surface area contributed by atoms with Gasteiger partial charge in [0.2, 0.25) is 0 Å². The SMILES string of the molecule is CNC(=O)c1ccc(CNC(=O)N2CCCC3(CCNC3)C2)o1.Cl. The summed E-state index contributed by atoms with van der Waals surface area (Å²) in [7, 11) is 1.55. The molecular formula is C16H25ClN4O3. The lowest BCUT2D eigenvalue weighted by atomic mass is 9.79. The van der Waals surface area contributed by atoms with E-state index < -0.39 is 0 Å². The van der Waals surface area contributed by atoms with Crippen molar-refractivity contribution in [3.05, 3.63) is 23.7 Å². The summed E-state index contributed by atoms with van der Waals surface area (Å²) in [6.45, 7) is 3.95. The fraction of sp³-hybridized carbons (Fsp3) is 0.625. The molecule has 3 heterocycles. The second-order valence-corrected chi connectivity index (χ2v) is 6.46. The Morgan fingerprint density at radius 3 is 2.92 bits per heavy atom. The van der Waals surface area contributed by atoms with E-state index in [-0.39, 0.29) is 42.1 Å². The summed E-state index contributed by atoms with van der Waals surface area (Å²) < 4.78 is 5.41. The number of hydrogen-bond donors (Lipinski definition) is 3. The van der Waals surface area contributed by atoms with Crippen molar-refractivity contribution in [1.29, 1.82) is 0 Å². The third-order valence-corrected chi connectivity index (χ3v) is 4.81. The lowest BCUT2D eigenvalue weighted by Crippen LogP contribution is -2.50. The van der Waals surface area contributed by atoms with Crippen molar-refractivity contribution >= 4 is 24.3 Å². The van der Waals surface area contributed by atoms with E-state index in [1.807, 2.05) is 4.90 Å². The van der Waals surface area contributed by atoms with Crippen LogP contribution in [0.5, 0.6) is 0 Å². The summed E-state index contributed by atoms with van der Waals surface area (Å²) in [5.74, 6) is 0.561. The Labute approximate surface area is 147 Å². The quantitative estimate of drug-likeness (QED) is 0.763. The van der Waals surface area contributed by atoms with Crippen LogP contribution >= 0.6 is 12.4 Å². The van der Waals surface area contributed by atoms with Crippen LogP contribution in [-0.4, -0.2) is 50.1 Å².